The van der Waals surface area contributed by atoms with Gasteiger partial charge in [-0.25, -0.2) is 4.79 Å². The summed E-state index contributed by atoms with van der Waals surface area (Å²) in [4.78, 5) is 12.4. The molecular formula is C15H18BrNO2. The molecule has 1 aromatic rings. The zero-order chi connectivity index (χ0) is 13.5. The third-order valence-corrected chi connectivity index (χ3v) is 5.09. The molecule has 0 aromatic heterocycles. The van der Waals surface area contributed by atoms with E-state index < -0.39 is 6.09 Å². The zero-order valence-electron chi connectivity index (χ0n) is 10.8. The molecule has 1 heterocycles. The Hall–Kier alpha value is -1.03. The SMILES string of the molecule is O=C(O)N1CC2(CCC(Cc3ccc(Br)cc3)C2)C1. The number of nitrogens with zero attached hydrogens (tertiary/aromatic N) is 1. The molecule has 1 amide bonds. The largest absolute Gasteiger partial charge is 0.465 e. The molecule has 4 heteroatoms. The molecule has 0 bridgehead atoms. The summed E-state index contributed by atoms with van der Waals surface area (Å²) in [6.45, 7) is 1.50. The van der Waals surface area contributed by atoms with Crippen molar-refractivity contribution in [3.05, 3.63) is 34.3 Å². The lowest BCUT2D eigenvalue weighted by Crippen LogP contribution is -2.56. The van der Waals surface area contributed by atoms with Crippen molar-refractivity contribution >= 4 is 22.0 Å². The maximum Gasteiger partial charge on any atom is 0.407 e. The van der Waals surface area contributed by atoms with Crippen LogP contribution in [0.4, 0.5) is 4.79 Å². The number of benzene rings is 1. The second-order valence-corrected chi connectivity index (χ2v) is 6.99. The molecule has 1 aromatic carbocycles. The summed E-state index contributed by atoms with van der Waals surface area (Å²) >= 11 is 3.46. The lowest BCUT2D eigenvalue weighted by molar-refractivity contribution is 0.0124. The van der Waals surface area contributed by atoms with Gasteiger partial charge in [-0.1, -0.05) is 28.1 Å². The van der Waals surface area contributed by atoms with E-state index in [1.165, 1.54) is 24.8 Å². The Morgan fingerprint density at radius 1 is 1.37 bits per heavy atom. The van der Waals surface area contributed by atoms with E-state index >= 15 is 0 Å². The molecule has 1 N–H and O–H groups in total. The van der Waals surface area contributed by atoms with Crippen molar-refractivity contribution in [3.8, 4) is 0 Å². The number of halogens is 1. The molecule has 1 spiro atoms. The van der Waals surface area contributed by atoms with Crippen molar-refractivity contribution in [3.63, 3.8) is 0 Å². The number of hydrogen-bond acceptors (Lipinski definition) is 1. The smallest absolute Gasteiger partial charge is 0.407 e. The molecule has 19 heavy (non-hydrogen) atoms. The van der Waals surface area contributed by atoms with Crippen LogP contribution in [0.1, 0.15) is 24.8 Å². The minimum Gasteiger partial charge on any atom is -0.465 e. The summed E-state index contributed by atoms with van der Waals surface area (Å²) in [6, 6.07) is 8.55. The fraction of sp³-hybridized carbons (Fsp3) is 0.533. The number of rotatable bonds is 2. The number of hydrogen-bond donors (Lipinski definition) is 1. The summed E-state index contributed by atoms with van der Waals surface area (Å²) in [7, 11) is 0. The standard InChI is InChI=1S/C15H18BrNO2/c16-13-3-1-11(2-4-13)7-12-5-6-15(8-12)9-17(10-15)14(18)19/h1-4,12H,5-10H2,(H,18,19). The molecule has 2 aliphatic rings. The number of carbonyl (C=O) groups is 1. The minimum absolute atomic E-state index is 0.304. The maximum absolute atomic E-state index is 10.8. The first-order valence-corrected chi connectivity index (χ1v) is 7.58. The molecule has 3 nitrogen and oxygen atoms in total. The molecule has 1 aliphatic heterocycles. The van der Waals surface area contributed by atoms with Crippen LogP contribution in [0.3, 0.4) is 0 Å². The van der Waals surface area contributed by atoms with Crippen molar-refractivity contribution in [2.45, 2.75) is 25.7 Å². The van der Waals surface area contributed by atoms with Crippen LogP contribution in [0.2, 0.25) is 0 Å². The van der Waals surface area contributed by atoms with Crippen LogP contribution in [0.15, 0.2) is 28.7 Å². The summed E-state index contributed by atoms with van der Waals surface area (Å²) in [5, 5.41) is 8.93. The van der Waals surface area contributed by atoms with Gasteiger partial charge >= 0.3 is 6.09 Å². The van der Waals surface area contributed by atoms with E-state index in [9.17, 15) is 4.79 Å². The highest BCUT2D eigenvalue weighted by Crippen LogP contribution is 2.49. The average Bonchev–Trinajstić information content (AvgIpc) is 2.74. The molecule has 2 fully saturated rings. The Labute approximate surface area is 121 Å². The molecule has 1 aliphatic carbocycles. The first-order valence-electron chi connectivity index (χ1n) is 6.79. The van der Waals surface area contributed by atoms with Gasteiger partial charge in [0.1, 0.15) is 0 Å². The summed E-state index contributed by atoms with van der Waals surface area (Å²) in [6.07, 6.45) is 3.98. The van der Waals surface area contributed by atoms with Crippen LogP contribution in [0, 0.1) is 11.3 Å². The van der Waals surface area contributed by atoms with Crippen LogP contribution in [-0.4, -0.2) is 29.2 Å². The minimum atomic E-state index is -0.762. The van der Waals surface area contributed by atoms with Gasteiger partial charge < -0.3 is 10.0 Å². The van der Waals surface area contributed by atoms with Gasteiger partial charge in [-0.05, 0) is 49.3 Å². The van der Waals surface area contributed by atoms with Gasteiger partial charge in [-0.15, -0.1) is 0 Å². The van der Waals surface area contributed by atoms with E-state index in [0.717, 1.165) is 29.9 Å². The fourth-order valence-electron chi connectivity index (χ4n) is 3.64. The third kappa shape index (κ3) is 2.64. The van der Waals surface area contributed by atoms with Crippen molar-refractivity contribution in [1.29, 1.82) is 0 Å². The Morgan fingerprint density at radius 3 is 2.68 bits per heavy atom. The third-order valence-electron chi connectivity index (χ3n) is 4.57. The van der Waals surface area contributed by atoms with E-state index in [0.29, 0.717) is 5.41 Å². The maximum atomic E-state index is 10.8. The molecule has 1 unspecified atom stereocenters. The second-order valence-electron chi connectivity index (χ2n) is 6.08. The van der Waals surface area contributed by atoms with E-state index in [1.54, 1.807) is 4.90 Å². The van der Waals surface area contributed by atoms with Crippen molar-refractivity contribution in [1.82, 2.24) is 4.90 Å². The zero-order valence-corrected chi connectivity index (χ0v) is 12.4. The van der Waals surface area contributed by atoms with Crippen LogP contribution < -0.4 is 0 Å². The monoisotopic (exact) mass is 323 g/mol. The Morgan fingerprint density at radius 2 is 2.05 bits per heavy atom. The van der Waals surface area contributed by atoms with Gasteiger partial charge in [0.05, 0.1) is 0 Å². The molecule has 3 rings (SSSR count). The highest BCUT2D eigenvalue weighted by atomic mass is 79.9. The summed E-state index contributed by atoms with van der Waals surface area (Å²) in [5.41, 5.74) is 1.69. The normalized spacial score (nSPS) is 24.5. The van der Waals surface area contributed by atoms with E-state index in [1.807, 2.05) is 0 Å². The van der Waals surface area contributed by atoms with E-state index in [4.69, 9.17) is 5.11 Å². The Bertz CT molecular complexity index is 479. The van der Waals surface area contributed by atoms with Crippen LogP contribution >= 0.6 is 15.9 Å². The van der Waals surface area contributed by atoms with Crippen molar-refractivity contribution in [2.75, 3.05) is 13.1 Å². The first kappa shape index (κ1) is 13.0. The summed E-state index contributed by atoms with van der Waals surface area (Å²) in [5.74, 6) is 0.720. The highest BCUT2D eigenvalue weighted by molar-refractivity contribution is 9.10. The second kappa shape index (κ2) is 4.82. The molecule has 1 saturated heterocycles. The van der Waals surface area contributed by atoms with E-state index in [-0.39, 0.29) is 0 Å². The van der Waals surface area contributed by atoms with Gasteiger partial charge in [0, 0.05) is 23.0 Å². The molecular weight excluding hydrogens is 306 g/mol. The number of carboxylic acid groups (broad SMARTS) is 1. The van der Waals surface area contributed by atoms with Gasteiger partial charge in [0.25, 0.3) is 0 Å². The quantitative estimate of drug-likeness (QED) is 0.899. The lowest BCUT2D eigenvalue weighted by atomic mass is 9.77. The van der Waals surface area contributed by atoms with E-state index in [2.05, 4.69) is 40.2 Å². The van der Waals surface area contributed by atoms with Gasteiger partial charge in [0.2, 0.25) is 0 Å². The molecule has 1 atom stereocenters. The molecule has 102 valence electrons. The van der Waals surface area contributed by atoms with Crippen molar-refractivity contribution < 1.29 is 9.90 Å². The van der Waals surface area contributed by atoms with Gasteiger partial charge in [-0.2, -0.15) is 0 Å². The molecule has 0 radical (unpaired) electrons. The summed E-state index contributed by atoms with van der Waals surface area (Å²) < 4.78 is 1.12. The van der Waals surface area contributed by atoms with Crippen molar-refractivity contribution in [2.24, 2.45) is 11.3 Å². The topological polar surface area (TPSA) is 40.5 Å². The lowest BCUT2D eigenvalue weighted by Gasteiger charge is -2.46. The van der Waals surface area contributed by atoms with Gasteiger partial charge in [-0.3, -0.25) is 0 Å². The average molecular weight is 324 g/mol. The number of likely N-dealkylation sites (tertiary alicyclic amines) is 1. The van der Waals surface area contributed by atoms with Gasteiger partial charge in [0.15, 0.2) is 0 Å². The Kier molecular flexibility index (Phi) is 3.29. The van der Waals surface area contributed by atoms with Crippen LogP contribution in [0.5, 0.6) is 0 Å². The fourth-order valence-corrected chi connectivity index (χ4v) is 3.91. The predicted octanol–water partition coefficient (Wildman–Crippen LogP) is 3.77. The predicted molar refractivity (Wildman–Crippen MR) is 77.2 cm³/mol. The van der Waals surface area contributed by atoms with Crippen LogP contribution in [-0.2, 0) is 6.42 Å². The first-order chi connectivity index (χ1) is 9.06. The number of amides is 1. The Balaban J connectivity index is 1.55. The molecule has 1 saturated carbocycles. The van der Waals surface area contributed by atoms with Crippen LogP contribution in [0.25, 0.3) is 0 Å². The highest BCUT2D eigenvalue weighted by Gasteiger charge is 2.49.